The predicted molar refractivity (Wildman–Crippen MR) is 89.4 cm³/mol. The van der Waals surface area contributed by atoms with E-state index in [1.54, 1.807) is 12.4 Å². The molecule has 0 atom stereocenters. The lowest BCUT2D eigenvalue weighted by molar-refractivity contribution is 1.12. The van der Waals surface area contributed by atoms with Gasteiger partial charge in [0.15, 0.2) is 0 Å². The van der Waals surface area contributed by atoms with Crippen LogP contribution in [0.4, 0.5) is 0 Å². The number of rotatable bonds is 3. The Balaban J connectivity index is 2.26. The van der Waals surface area contributed by atoms with Gasteiger partial charge in [-0.25, -0.2) is 4.98 Å². The van der Waals surface area contributed by atoms with E-state index in [2.05, 4.69) is 16.0 Å². The molecule has 1 aromatic carbocycles. The summed E-state index contributed by atoms with van der Waals surface area (Å²) in [4.78, 5) is 8.80. The van der Waals surface area contributed by atoms with E-state index in [0.29, 0.717) is 5.56 Å². The molecule has 3 aromatic rings. The highest BCUT2D eigenvalue weighted by Crippen LogP contribution is 2.32. The molecule has 3 nitrogen and oxygen atoms in total. The van der Waals surface area contributed by atoms with Crippen LogP contribution in [0, 0.1) is 11.3 Å². The van der Waals surface area contributed by atoms with Crippen LogP contribution >= 0.6 is 11.8 Å². The number of hydrogen-bond acceptors (Lipinski definition) is 4. The van der Waals surface area contributed by atoms with Crippen molar-refractivity contribution in [1.82, 2.24) is 9.97 Å². The largest absolute Gasteiger partial charge is 0.264 e. The summed E-state index contributed by atoms with van der Waals surface area (Å²) >= 11 is 1.48. The number of hydrogen-bond donors (Lipinski definition) is 0. The van der Waals surface area contributed by atoms with E-state index in [0.717, 1.165) is 27.4 Å². The highest BCUT2D eigenvalue weighted by atomic mass is 32.2. The molecule has 2 aromatic heterocycles. The van der Waals surface area contributed by atoms with Crippen LogP contribution in [-0.4, -0.2) is 16.2 Å². The molecule has 4 heteroatoms. The predicted octanol–water partition coefficient (Wildman–Crippen LogP) is 4.40. The third-order valence-electron chi connectivity index (χ3n) is 3.33. The Kier molecular flexibility index (Phi) is 4.17. The molecule has 0 unspecified atom stereocenters. The van der Waals surface area contributed by atoms with Crippen LogP contribution in [-0.2, 0) is 0 Å². The highest BCUT2D eigenvalue weighted by Gasteiger charge is 2.14. The number of nitriles is 1. The third kappa shape index (κ3) is 2.72. The second-order valence-electron chi connectivity index (χ2n) is 4.66. The molecule has 2 heterocycles. The molecule has 0 amide bonds. The number of aromatic nitrogens is 2. The molecule has 0 saturated carbocycles. The van der Waals surface area contributed by atoms with Crippen LogP contribution in [0.25, 0.3) is 22.4 Å². The smallest absolute Gasteiger partial charge is 0.115 e. The van der Waals surface area contributed by atoms with Crippen molar-refractivity contribution in [2.45, 2.75) is 5.03 Å². The molecule has 3 rings (SSSR count). The Morgan fingerprint density at radius 1 is 1.05 bits per heavy atom. The standard InChI is InChI=1S/C18H13N3S/c1-22-18-16(11-19)15(14-8-5-9-20-12-14)10-17(21-18)13-6-3-2-4-7-13/h2-10,12H,1H3. The van der Waals surface area contributed by atoms with Crippen LogP contribution in [0.5, 0.6) is 0 Å². The van der Waals surface area contributed by atoms with Crippen LogP contribution in [0.15, 0.2) is 66.0 Å². The second-order valence-corrected chi connectivity index (χ2v) is 5.45. The molecule has 0 N–H and O–H groups in total. The zero-order valence-electron chi connectivity index (χ0n) is 12.0. The van der Waals surface area contributed by atoms with E-state index in [1.807, 2.05) is 54.8 Å². The van der Waals surface area contributed by atoms with Crippen molar-refractivity contribution in [1.29, 1.82) is 5.26 Å². The fraction of sp³-hybridized carbons (Fsp3) is 0.0556. The van der Waals surface area contributed by atoms with Crippen LogP contribution < -0.4 is 0 Å². The third-order valence-corrected chi connectivity index (χ3v) is 4.02. The molecule has 0 fully saturated rings. The Labute approximate surface area is 133 Å². The Morgan fingerprint density at radius 2 is 1.82 bits per heavy atom. The van der Waals surface area contributed by atoms with Gasteiger partial charge in [0.1, 0.15) is 11.1 Å². The SMILES string of the molecule is CSc1nc(-c2ccccc2)cc(-c2cccnc2)c1C#N. The maximum absolute atomic E-state index is 9.53. The average molecular weight is 303 g/mol. The summed E-state index contributed by atoms with van der Waals surface area (Å²) in [5.74, 6) is 0. The monoisotopic (exact) mass is 303 g/mol. The zero-order valence-corrected chi connectivity index (χ0v) is 12.8. The van der Waals surface area contributed by atoms with E-state index in [-0.39, 0.29) is 0 Å². The van der Waals surface area contributed by atoms with E-state index in [9.17, 15) is 5.26 Å². The maximum Gasteiger partial charge on any atom is 0.115 e. The fourth-order valence-electron chi connectivity index (χ4n) is 2.28. The Morgan fingerprint density at radius 3 is 2.45 bits per heavy atom. The molecule has 106 valence electrons. The normalized spacial score (nSPS) is 10.2. The van der Waals surface area contributed by atoms with Crippen molar-refractivity contribution in [2.75, 3.05) is 6.26 Å². The van der Waals surface area contributed by atoms with Crippen molar-refractivity contribution in [3.05, 3.63) is 66.5 Å². The van der Waals surface area contributed by atoms with Gasteiger partial charge in [-0.1, -0.05) is 36.4 Å². The topological polar surface area (TPSA) is 49.6 Å². The van der Waals surface area contributed by atoms with Crippen molar-refractivity contribution < 1.29 is 0 Å². The summed E-state index contributed by atoms with van der Waals surface area (Å²) in [6.45, 7) is 0. The van der Waals surface area contributed by atoms with Gasteiger partial charge < -0.3 is 0 Å². The minimum absolute atomic E-state index is 0.597. The van der Waals surface area contributed by atoms with Gasteiger partial charge in [0, 0.05) is 29.1 Å². The lowest BCUT2D eigenvalue weighted by Crippen LogP contribution is -1.95. The van der Waals surface area contributed by atoms with Crippen molar-refractivity contribution in [2.24, 2.45) is 0 Å². The van der Waals surface area contributed by atoms with Gasteiger partial charge in [-0.3, -0.25) is 4.98 Å². The van der Waals surface area contributed by atoms with Crippen LogP contribution in [0.3, 0.4) is 0 Å². The average Bonchev–Trinajstić information content (AvgIpc) is 2.62. The van der Waals surface area contributed by atoms with Gasteiger partial charge in [-0.2, -0.15) is 5.26 Å². The lowest BCUT2D eigenvalue weighted by atomic mass is 10.0. The van der Waals surface area contributed by atoms with E-state index < -0.39 is 0 Å². The van der Waals surface area contributed by atoms with Crippen molar-refractivity contribution >= 4 is 11.8 Å². The van der Waals surface area contributed by atoms with Gasteiger partial charge >= 0.3 is 0 Å². The first-order chi connectivity index (χ1) is 10.8. The lowest BCUT2D eigenvalue weighted by Gasteiger charge is -2.11. The summed E-state index contributed by atoms with van der Waals surface area (Å²) < 4.78 is 0. The van der Waals surface area contributed by atoms with Crippen LogP contribution in [0.1, 0.15) is 5.56 Å². The first kappa shape index (κ1) is 14.3. The molecule has 0 aliphatic rings. The molecule has 0 aliphatic heterocycles. The summed E-state index contributed by atoms with van der Waals surface area (Å²) in [5, 5.41) is 10.3. The summed E-state index contributed by atoms with van der Waals surface area (Å²) in [6.07, 6.45) is 5.43. The molecule has 22 heavy (non-hydrogen) atoms. The van der Waals surface area contributed by atoms with E-state index in [1.165, 1.54) is 11.8 Å². The Hall–Kier alpha value is -2.64. The fourth-order valence-corrected chi connectivity index (χ4v) is 2.83. The molecule has 0 radical (unpaired) electrons. The summed E-state index contributed by atoms with van der Waals surface area (Å²) in [6, 6.07) is 18.1. The maximum atomic E-state index is 9.53. The molecular weight excluding hydrogens is 290 g/mol. The van der Waals surface area contributed by atoms with Gasteiger partial charge in [0.2, 0.25) is 0 Å². The minimum Gasteiger partial charge on any atom is -0.264 e. The van der Waals surface area contributed by atoms with Gasteiger partial charge in [-0.15, -0.1) is 11.8 Å². The second kappa shape index (κ2) is 6.42. The summed E-state index contributed by atoms with van der Waals surface area (Å²) in [7, 11) is 0. The zero-order chi connectivity index (χ0) is 15.4. The first-order valence-electron chi connectivity index (χ1n) is 6.78. The number of benzene rings is 1. The van der Waals surface area contributed by atoms with E-state index >= 15 is 0 Å². The Bertz CT molecular complexity index is 824. The number of thioether (sulfide) groups is 1. The minimum atomic E-state index is 0.597. The van der Waals surface area contributed by atoms with Crippen LogP contribution in [0.2, 0.25) is 0 Å². The van der Waals surface area contributed by atoms with Gasteiger partial charge in [0.25, 0.3) is 0 Å². The quantitative estimate of drug-likeness (QED) is 0.673. The molecule has 0 spiro atoms. The highest BCUT2D eigenvalue weighted by molar-refractivity contribution is 7.98. The number of pyridine rings is 2. The first-order valence-corrected chi connectivity index (χ1v) is 8.01. The van der Waals surface area contributed by atoms with Crippen molar-refractivity contribution in [3.63, 3.8) is 0 Å². The van der Waals surface area contributed by atoms with Gasteiger partial charge in [0.05, 0.1) is 11.3 Å². The molecule has 0 aliphatic carbocycles. The number of nitrogens with zero attached hydrogens (tertiary/aromatic N) is 3. The van der Waals surface area contributed by atoms with Crippen molar-refractivity contribution in [3.8, 4) is 28.5 Å². The molecule has 0 bridgehead atoms. The molecular formula is C18H13N3S. The molecule has 0 saturated heterocycles. The van der Waals surface area contributed by atoms with E-state index in [4.69, 9.17) is 0 Å². The van der Waals surface area contributed by atoms with Gasteiger partial charge in [-0.05, 0) is 18.4 Å². The summed E-state index contributed by atoms with van der Waals surface area (Å²) in [5.41, 5.74) is 4.29.